The van der Waals surface area contributed by atoms with Crippen LogP contribution in [0, 0.1) is 29.6 Å². The number of carbonyl (C=O) groups excluding carboxylic acids is 9. The number of urea groups is 1. The van der Waals surface area contributed by atoms with E-state index in [0.717, 1.165) is 99.0 Å². The van der Waals surface area contributed by atoms with Crippen LogP contribution in [0.5, 0.6) is 51.7 Å². The molecule has 7 aliphatic heterocycles. The fraction of sp³-hybridized carbons (Fsp3) is 0.477. The Labute approximate surface area is 743 Å². The van der Waals surface area contributed by atoms with E-state index in [1.807, 2.05) is 0 Å². The van der Waals surface area contributed by atoms with Crippen molar-refractivity contribution in [1.29, 1.82) is 0 Å². The number of aromatic hydroxyl groups is 3. The number of halogens is 2. The average Bonchev–Trinajstić information content (AvgIpc) is 0.759. The second kappa shape index (κ2) is 38.5. The summed E-state index contributed by atoms with van der Waals surface area (Å²) in [4.78, 5) is 139. The van der Waals surface area contributed by atoms with E-state index in [-0.39, 0.29) is 88.8 Å². The summed E-state index contributed by atoms with van der Waals surface area (Å²) in [5.41, 5.74) is 2.79. The Kier molecular flexibility index (Phi) is 28.1. The Bertz CT molecular complexity index is 5360. The van der Waals surface area contributed by atoms with Crippen LogP contribution in [0.4, 0.5) is 10.5 Å². The van der Waals surface area contributed by atoms with E-state index in [0.29, 0.717) is 11.8 Å². The summed E-state index contributed by atoms with van der Waals surface area (Å²) in [7, 11) is -2.09. The third kappa shape index (κ3) is 20.7. The zero-order chi connectivity index (χ0) is 92.0. The molecule has 0 spiro atoms. The number of aliphatic hydroxyl groups is 6. The van der Waals surface area contributed by atoms with Gasteiger partial charge >= 0.3 is 6.03 Å². The molecule has 39 nitrogen and oxygen atoms in total. The minimum absolute atomic E-state index is 0.0419. The number of amides is 10. The number of ether oxygens (including phenoxy) is 7. The van der Waals surface area contributed by atoms with Crippen molar-refractivity contribution in [2.45, 2.75) is 194 Å². The van der Waals surface area contributed by atoms with Gasteiger partial charge in [-0.25, -0.2) is 17.9 Å². The van der Waals surface area contributed by atoms with E-state index in [9.17, 15) is 68.8 Å². The zero-order valence-electron chi connectivity index (χ0n) is 70.0. The van der Waals surface area contributed by atoms with Gasteiger partial charge in [0.05, 0.1) is 47.6 Å². The highest BCUT2D eigenvalue weighted by Gasteiger charge is 2.53. The molecule has 6 aromatic rings. The Morgan fingerprint density at radius 2 is 1.30 bits per heavy atom. The summed E-state index contributed by atoms with van der Waals surface area (Å²) in [5, 5.41) is 132. The molecule has 42 heteroatoms. The first-order valence-electron chi connectivity index (χ1n) is 41.7. The predicted octanol–water partition coefficient (Wildman–Crippen LogP) is 2.75. The van der Waals surface area contributed by atoms with Crippen molar-refractivity contribution in [3.8, 4) is 62.9 Å². The van der Waals surface area contributed by atoms with E-state index in [4.69, 9.17) is 62.1 Å². The Balaban J connectivity index is 0.943. The molecule has 22 N–H and O–H groups in total. The monoisotopic (exact) mass is 1840 g/mol. The lowest BCUT2D eigenvalue weighted by Gasteiger charge is -2.54. The highest BCUT2D eigenvalue weighted by Crippen LogP contribution is 2.55. The molecular formula is C86H102Cl2N12O27S. The number of anilines is 1. The van der Waals surface area contributed by atoms with Crippen molar-refractivity contribution in [3.05, 3.63) is 141 Å². The van der Waals surface area contributed by atoms with E-state index < -0.39 is 253 Å². The molecular weight excluding hydrogens is 1740 g/mol. The number of phenols is 3. The highest BCUT2D eigenvalue weighted by atomic mass is 35.5. The van der Waals surface area contributed by atoms with E-state index >= 15 is 28.8 Å². The van der Waals surface area contributed by atoms with Crippen LogP contribution in [0.3, 0.4) is 0 Å². The molecule has 0 radical (unpaired) electrons. The molecule has 11 aliphatic rings. The van der Waals surface area contributed by atoms with Crippen LogP contribution >= 0.6 is 23.2 Å². The predicted molar refractivity (Wildman–Crippen MR) is 453 cm³/mol. The first kappa shape index (κ1) is 93.4. The van der Waals surface area contributed by atoms with Crippen molar-refractivity contribution in [2.24, 2.45) is 35.3 Å². The van der Waals surface area contributed by atoms with Crippen LogP contribution in [0.1, 0.15) is 137 Å². The van der Waals surface area contributed by atoms with Gasteiger partial charge in [0, 0.05) is 47.4 Å². The standard InChI is InChI=1S/C86H102Cl2N12O27S/c1-35(2)19-52(90-5)77(111)99-68-70(106)40-8-15-56(50(87)26-40)123-58-28-44-29-59(74(58)127-84-75(73(109)72(108)60(34-101)125-84)126-62-33-86(4,89)76(110)36(3)122-62)124-57-16-9-41(27-51(57)88)71(107)69-83(117)98-67(81(115)95-64-42-21-37-20-38(23-42)24-43(64)22-37)49-30-46(102)31-55(104)63(49)48-25-39(7-14-54(48)103)65(79(113)100-69)97-80(114)66(44)96-78(112)53(93-82(68)116)32-61(105)94-85(118)92-45-10-12-47(13-11-45)121-18-17-91-128(6,119)120/h7-16,25-31,35-38,42-43,52-53,60,62,64-73,75-76,84,90-91,101-104,106-110H,17-24,32-34,89H2,1-6H3,(H,93,116)(H,95,115)(H,96,112)(H,97,114)(H,98,117)(H,99,111)(H,100,113)(H2,92,94,105,118)/t36-,37?,38?,42?,43?,52+,53?,60+,62?,64?,65+,66?,67+,68?,69-,70+,71+,72+,73-,75+,76+,84+,86-/m0/s1. The van der Waals surface area contributed by atoms with Gasteiger partial charge in [0.15, 0.2) is 23.9 Å². The summed E-state index contributed by atoms with van der Waals surface area (Å²) < 4.78 is 70.1. The number of benzene rings is 6. The summed E-state index contributed by atoms with van der Waals surface area (Å²) in [6.07, 6.45) is -13.9. The lowest BCUT2D eigenvalue weighted by atomic mass is 9.54. The Hall–Kier alpha value is -10.8. The first-order chi connectivity index (χ1) is 60.7. The fourth-order valence-corrected chi connectivity index (χ4v) is 19.2. The van der Waals surface area contributed by atoms with Crippen molar-refractivity contribution in [3.63, 3.8) is 0 Å². The molecule has 7 heterocycles. The maximum atomic E-state index is 16.7. The number of likely N-dealkylation sites (N-methyl/N-ethyl adjacent to an activating group) is 1. The van der Waals surface area contributed by atoms with Crippen molar-refractivity contribution in [1.82, 2.24) is 52.6 Å². The molecule has 688 valence electrons. The molecule has 18 atom stereocenters. The lowest BCUT2D eigenvalue weighted by Crippen LogP contribution is -2.64. The van der Waals surface area contributed by atoms with Crippen LogP contribution in [0.25, 0.3) is 11.1 Å². The van der Waals surface area contributed by atoms with E-state index in [1.54, 1.807) is 13.8 Å². The van der Waals surface area contributed by atoms with Crippen molar-refractivity contribution < 1.29 is 131 Å². The first-order valence-corrected chi connectivity index (χ1v) is 44.4. The third-order valence-electron chi connectivity index (χ3n) is 24.4. The minimum Gasteiger partial charge on any atom is -0.508 e. The van der Waals surface area contributed by atoms with Gasteiger partial charge in [0.25, 0.3) is 0 Å². The molecule has 4 saturated carbocycles. The van der Waals surface area contributed by atoms with Crippen LogP contribution in [0.2, 0.25) is 10.0 Å². The number of phenolic OH excluding ortho intramolecular Hbond substituents is 3. The number of rotatable bonds is 20. The molecule has 15 bridgehead atoms. The van der Waals surface area contributed by atoms with Crippen molar-refractivity contribution >= 4 is 92.2 Å². The fourth-order valence-electron chi connectivity index (χ4n) is 18.3. The zero-order valence-corrected chi connectivity index (χ0v) is 72.3. The van der Waals surface area contributed by atoms with Gasteiger partial charge in [-0.3, -0.25) is 43.7 Å². The van der Waals surface area contributed by atoms with Gasteiger partial charge in [-0.1, -0.05) is 55.2 Å². The molecule has 4 aliphatic carbocycles. The average molecular weight is 1840 g/mol. The number of carbonyl (C=O) groups is 9. The van der Waals surface area contributed by atoms with Gasteiger partial charge in [0.2, 0.25) is 69.3 Å². The van der Waals surface area contributed by atoms with Gasteiger partial charge in [0.1, 0.15) is 108 Å². The molecule has 128 heavy (non-hydrogen) atoms. The highest BCUT2D eigenvalue weighted by molar-refractivity contribution is 7.88. The molecule has 4 unspecified atom stereocenters. The Morgan fingerprint density at radius 3 is 1.91 bits per heavy atom. The summed E-state index contributed by atoms with van der Waals surface area (Å²) in [6.45, 7) is 5.41. The number of nitrogens with two attached hydrogens (primary N) is 1. The second-order valence-corrected chi connectivity index (χ2v) is 37.1. The molecule has 0 aromatic heterocycles. The number of hydrogen-bond acceptors (Lipinski definition) is 29. The maximum Gasteiger partial charge on any atom is 0.325 e. The summed E-state index contributed by atoms with van der Waals surface area (Å²) >= 11 is 14.5. The maximum absolute atomic E-state index is 16.7. The second-order valence-electron chi connectivity index (χ2n) is 34.4. The quantitative estimate of drug-likeness (QED) is 0.0489. The van der Waals surface area contributed by atoms with E-state index in [1.165, 1.54) is 63.4 Å². The largest absolute Gasteiger partial charge is 0.508 e. The van der Waals surface area contributed by atoms with Gasteiger partial charge in [-0.05, 0) is 196 Å². The molecule has 2 saturated heterocycles. The molecule has 17 rings (SSSR count). The molecule has 6 aromatic carbocycles. The third-order valence-corrected chi connectivity index (χ3v) is 25.7. The normalized spacial score (nSPS) is 30.0. The number of imide groups is 1. The van der Waals surface area contributed by atoms with Gasteiger partial charge < -0.3 is 133 Å². The Morgan fingerprint density at radius 1 is 0.680 bits per heavy atom. The number of nitrogens with one attached hydrogen (secondary N) is 11. The van der Waals surface area contributed by atoms with Crippen LogP contribution in [-0.4, -0.2) is 226 Å². The van der Waals surface area contributed by atoms with Crippen molar-refractivity contribution in [2.75, 3.05) is 38.4 Å². The van der Waals surface area contributed by atoms with Crippen LogP contribution in [0.15, 0.2) is 103 Å². The summed E-state index contributed by atoms with van der Waals surface area (Å²) in [5.74, 6) is -14.0. The van der Waals surface area contributed by atoms with Gasteiger partial charge in [-0.15, -0.1) is 0 Å². The number of hydrogen-bond donors (Lipinski definition) is 21. The number of aliphatic hydroxyl groups excluding tert-OH is 6. The molecule has 10 amide bonds. The van der Waals surface area contributed by atoms with Gasteiger partial charge in [-0.2, -0.15) is 0 Å². The van der Waals surface area contributed by atoms with Crippen LogP contribution < -0.4 is 82.6 Å². The minimum atomic E-state index is -3.55. The number of fused-ring (bicyclic) bond motifs is 15. The summed E-state index contributed by atoms with van der Waals surface area (Å²) in [6, 6.07) is 3.62. The number of sulfonamides is 1. The lowest BCUT2D eigenvalue weighted by molar-refractivity contribution is -0.333. The topological polar surface area (TPSA) is 593 Å². The van der Waals surface area contributed by atoms with E-state index in [2.05, 4.69) is 57.9 Å². The SMILES string of the molecule is CN[C@H](CC(C)C)C(=O)NC1C(=O)NC(CC(=O)NC(=O)Nc2ccc(OCCNS(C)(=O)=O)cc2)C(=O)NC2C(=O)N[C@H]3C(=O)N[C@H](C(=O)N[C@@H](C(=O)NC4C5CC6CC(C5)CC4C6)c4cc(O)cc(O)c4-c4cc3ccc4O)[C@H](O)c3ccc(c(Cl)c3)Oc3cc2cc(c3O[C@H]2O[C@H](CO)[C@@H](O)[C@H](O)[C@H]2OC2C[C@](C)(N)[C@H](O)[C@H](C)O2)Oc2ccc(cc2Cl)[C@H]1O. The molecule has 6 fully saturated rings. The smallest absolute Gasteiger partial charge is 0.325 e. The van der Waals surface area contributed by atoms with Crippen LogP contribution in [-0.2, 0) is 62.6 Å².